The average molecular weight is 329 g/mol. The molecule has 2 N–H and O–H groups in total. The molecule has 1 heterocycles. The smallest absolute Gasteiger partial charge is 0.124 e. The van der Waals surface area contributed by atoms with Crippen LogP contribution in [-0.4, -0.2) is 33.1 Å². The summed E-state index contributed by atoms with van der Waals surface area (Å²) in [5, 5.41) is 17.7. The Balaban J connectivity index is 1.47. The third kappa shape index (κ3) is 4.74. The Hall–Kier alpha value is -2.01. The van der Waals surface area contributed by atoms with Gasteiger partial charge in [0.2, 0.25) is 0 Å². The molecule has 0 saturated heterocycles. The van der Waals surface area contributed by atoms with Gasteiger partial charge in [-0.25, -0.2) is 0 Å². The van der Waals surface area contributed by atoms with E-state index >= 15 is 0 Å². The molecule has 5 nitrogen and oxygen atoms in total. The van der Waals surface area contributed by atoms with E-state index in [1.165, 1.54) is 0 Å². The molecule has 1 aliphatic rings. The van der Waals surface area contributed by atoms with Crippen LogP contribution < -0.4 is 10.1 Å². The minimum Gasteiger partial charge on any atom is -0.488 e. The minimum absolute atomic E-state index is 0.0643. The normalized spacial score (nSPS) is 22.1. The summed E-state index contributed by atoms with van der Waals surface area (Å²) in [6.07, 6.45) is 8.41. The molecule has 0 spiro atoms. The lowest BCUT2D eigenvalue weighted by molar-refractivity contribution is 0.00688. The number of nitrogens with one attached hydrogen (secondary N) is 1. The molecule has 1 aromatic carbocycles. The lowest BCUT2D eigenvalue weighted by Crippen LogP contribution is -2.34. The van der Waals surface area contributed by atoms with Gasteiger partial charge in [0.05, 0.1) is 6.10 Å². The second-order valence-electron chi connectivity index (χ2n) is 6.64. The Kier molecular flexibility index (Phi) is 5.75. The molecule has 3 atom stereocenters. The number of aryl methyl sites for hydroxylation is 1. The van der Waals surface area contributed by atoms with E-state index in [1.54, 1.807) is 6.20 Å². The van der Waals surface area contributed by atoms with Crippen molar-refractivity contribution in [2.45, 2.75) is 63.8 Å². The molecule has 1 fully saturated rings. The highest BCUT2D eigenvalue weighted by Gasteiger charge is 2.24. The Morgan fingerprint density at radius 1 is 1.29 bits per heavy atom. The summed E-state index contributed by atoms with van der Waals surface area (Å²) in [5.74, 6) is 0.829. The highest BCUT2D eigenvalue weighted by atomic mass is 16.5. The SMILES string of the molecule is CC(CCn1cccn1)Nc1ccc(OC2CCCCC2O)cc1. The molecular formula is C19H27N3O2. The van der Waals surface area contributed by atoms with Crippen LogP contribution in [0.15, 0.2) is 42.7 Å². The van der Waals surface area contributed by atoms with Crippen LogP contribution >= 0.6 is 0 Å². The molecule has 0 aliphatic heterocycles. The number of benzene rings is 1. The predicted molar refractivity (Wildman–Crippen MR) is 95.3 cm³/mol. The van der Waals surface area contributed by atoms with E-state index in [-0.39, 0.29) is 12.2 Å². The van der Waals surface area contributed by atoms with Crippen molar-refractivity contribution in [1.82, 2.24) is 9.78 Å². The minimum atomic E-state index is -0.334. The summed E-state index contributed by atoms with van der Waals surface area (Å²) >= 11 is 0. The van der Waals surface area contributed by atoms with Crippen molar-refractivity contribution in [1.29, 1.82) is 0 Å². The molecule has 1 aliphatic carbocycles. The summed E-state index contributed by atoms with van der Waals surface area (Å²) in [5.41, 5.74) is 1.08. The van der Waals surface area contributed by atoms with Crippen LogP contribution in [-0.2, 0) is 6.54 Å². The molecule has 2 aromatic rings. The van der Waals surface area contributed by atoms with Crippen LogP contribution in [0, 0.1) is 0 Å². The first-order valence-electron chi connectivity index (χ1n) is 8.89. The van der Waals surface area contributed by atoms with Gasteiger partial charge in [0.25, 0.3) is 0 Å². The molecule has 5 heteroatoms. The van der Waals surface area contributed by atoms with E-state index in [0.29, 0.717) is 6.04 Å². The number of anilines is 1. The predicted octanol–water partition coefficient (Wildman–Crippen LogP) is 3.46. The highest BCUT2D eigenvalue weighted by molar-refractivity contribution is 5.47. The molecule has 3 unspecified atom stereocenters. The second kappa shape index (κ2) is 8.20. The van der Waals surface area contributed by atoms with Gasteiger partial charge >= 0.3 is 0 Å². The van der Waals surface area contributed by atoms with Gasteiger partial charge in [-0.2, -0.15) is 5.10 Å². The fourth-order valence-corrected chi connectivity index (χ4v) is 3.13. The van der Waals surface area contributed by atoms with E-state index < -0.39 is 0 Å². The van der Waals surface area contributed by atoms with Crippen LogP contribution in [0.3, 0.4) is 0 Å². The van der Waals surface area contributed by atoms with Crippen molar-refractivity contribution in [3.05, 3.63) is 42.7 Å². The molecule has 0 amide bonds. The number of aromatic nitrogens is 2. The number of aliphatic hydroxyl groups excluding tert-OH is 1. The zero-order chi connectivity index (χ0) is 16.8. The zero-order valence-electron chi connectivity index (χ0n) is 14.3. The van der Waals surface area contributed by atoms with Crippen molar-refractivity contribution >= 4 is 5.69 Å². The van der Waals surface area contributed by atoms with Crippen molar-refractivity contribution < 1.29 is 9.84 Å². The number of rotatable bonds is 7. The van der Waals surface area contributed by atoms with Gasteiger partial charge in [0.1, 0.15) is 11.9 Å². The highest BCUT2D eigenvalue weighted by Crippen LogP contribution is 2.25. The fourth-order valence-electron chi connectivity index (χ4n) is 3.13. The van der Waals surface area contributed by atoms with Crippen LogP contribution in [0.4, 0.5) is 5.69 Å². The Morgan fingerprint density at radius 3 is 2.79 bits per heavy atom. The van der Waals surface area contributed by atoms with Crippen LogP contribution in [0.1, 0.15) is 39.0 Å². The van der Waals surface area contributed by atoms with Gasteiger partial charge < -0.3 is 15.2 Å². The number of hydrogen-bond donors (Lipinski definition) is 2. The maximum atomic E-state index is 10.00. The van der Waals surface area contributed by atoms with E-state index in [1.807, 2.05) is 41.2 Å². The molecule has 3 rings (SSSR count). The number of nitrogens with zero attached hydrogens (tertiary/aromatic N) is 2. The lowest BCUT2D eigenvalue weighted by Gasteiger charge is -2.28. The van der Waals surface area contributed by atoms with Crippen LogP contribution in [0.25, 0.3) is 0 Å². The first kappa shape index (κ1) is 16.8. The molecule has 1 aromatic heterocycles. The first-order valence-corrected chi connectivity index (χ1v) is 8.89. The van der Waals surface area contributed by atoms with Crippen molar-refractivity contribution in [2.75, 3.05) is 5.32 Å². The van der Waals surface area contributed by atoms with Gasteiger partial charge in [-0.15, -0.1) is 0 Å². The van der Waals surface area contributed by atoms with Gasteiger partial charge in [-0.1, -0.05) is 6.42 Å². The summed E-state index contributed by atoms with van der Waals surface area (Å²) in [4.78, 5) is 0. The number of ether oxygens (including phenoxy) is 1. The van der Waals surface area contributed by atoms with E-state index in [4.69, 9.17) is 4.74 Å². The summed E-state index contributed by atoms with van der Waals surface area (Å²) in [6, 6.07) is 10.3. The molecule has 24 heavy (non-hydrogen) atoms. The monoisotopic (exact) mass is 329 g/mol. The number of hydrogen-bond acceptors (Lipinski definition) is 4. The quantitative estimate of drug-likeness (QED) is 0.817. The van der Waals surface area contributed by atoms with Crippen molar-refractivity contribution in [2.24, 2.45) is 0 Å². The van der Waals surface area contributed by atoms with Gasteiger partial charge in [0.15, 0.2) is 0 Å². The third-order valence-electron chi connectivity index (χ3n) is 4.57. The van der Waals surface area contributed by atoms with Crippen molar-refractivity contribution in [3.63, 3.8) is 0 Å². The fraction of sp³-hybridized carbons (Fsp3) is 0.526. The largest absolute Gasteiger partial charge is 0.488 e. The average Bonchev–Trinajstić information content (AvgIpc) is 3.10. The van der Waals surface area contributed by atoms with Gasteiger partial charge in [-0.05, 0) is 62.9 Å². The van der Waals surface area contributed by atoms with E-state index in [9.17, 15) is 5.11 Å². The zero-order valence-corrected chi connectivity index (χ0v) is 14.3. The molecule has 130 valence electrons. The Labute approximate surface area is 143 Å². The maximum Gasteiger partial charge on any atom is 0.124 e. The summed E-state index contributed by atoms with van der Waals surface area (Å²) in [6.45, 7) is 3.08. The van der Waals surface area contributed by atoms with Crippen molar-refractivity contribution in [3.8, 4) is 5.75 Å². The van der Waals surface area contributed by atoms with Crippen LogP contribution in [0.5, 0.6) is 5.75 Å². The lowest BCUT2D eigenvalue weighted by atomic mass is 9.95. The third-order valence-corrected chi connectivity index (χ3v) is 4.57. The van der Waals surface area contributed by atoms with E-state index in [0.717, 1.165) is 50.1 Å². The Bertz CT molecular complexity index is 598. The molecule has 0 radical (unpaired) electrons. The Morgan fingerprint density at radius 2 is 2.08 bits per heavy atom. The molecule has 1 saturated carbocycles. The molecule has 0 bridgehead atoms. The summed E-state index contributed by atoms with van der Waals surface area (Å²) in [7, 11) is 0. The van der Waals surface area contributed by atoms with Gasteiger partial charge in [0, 0.05) is 30.7 Å². The van der Waals surface area contributed by atoms with E-state index in [2.05, 4.69) is 17.3 Å². The van der Waals surface area contributed by atoms with Crippen LogP contribution in [0.2, 0.25) is 0 Å². The standard InChI is InChI=1S/C19H27N3O2/c1-15(11-14-22-13-4-12-20-22)21-16-7-9-17(10-8-16)24-19-6-3-2-5-18(19)23/h4,7-10,12-13,15,18-19,21,23H,2-3,5-6,11,14H2,1H3. The topological polar surface area (TPSA) is 59.3 Å². The number of aliphatic hydroxyl groups is 1. The maximum absolute atomic E-state index is 10.00. The molecular weight excluding hydrogens is 302 g/mol. The second-order valence-corrected chi connectivity index (χ2v) is 6.64. The summed E-state index contributed by atoms with van der Waals surface area (Å²) < 4.78 is 7.88. The van der Waals surface area contributed by atoms with Gasteiger partial charge in [-0.3, -0.25) is 4.68 Å². The first-order chi connectivity index (χ1) is 11.7.